The molecular formula is C16H16N4O. The molecule has 106 valence electrons. The predicted octanol–water partition coefficient (Wildman–Crippen LogP) is 2.27. The van der Waals surface area contributed by atoms with Crippen LogP contribution in [0.15, 0.2) is 42.6 Å². The second-order valence-electron chi connectivity index (χ2n) is 4.80. The molecule has 21 heavy (non-hydrogen) atoms. The largest absolute Gasteiger partial charge is 0.381 e. The first-order valence-corrected chi connectivity index (χ1v) is 6.51. The molecule has 2 rings (SSSR count). The van der Waals surface area contributed by atoms with Crippen molar-refractivity contribution in [1.82, 2.24) is 9.88 Å². The number of carbonyl (C=O) groups excluding carboxylic acids is 1. The molecule has 5 heteroatoms. The first-order valence-electron chi connectivity index (χ1n) is 6.51. The first kappa shape index (κ1) is 14.5. The summed E-state index contributed by atoms with van der Waals surface area (Å²) in [6.07, 6.45) is 1.60. The van der Waals surface area contributed by atoms with E-state index in [0.717, 1.165) is 11.3 Å². The summed E-state index contributed by atoms with van der Waals surface area (Å²) in [4.78, 5) is 17.4. The lowest BCUT2D eigenvalue weighted by atomic mass is 10.1. The lowest BCUT2D eigenvalue weighted by Crippen LogP contribution is -2.22. The van der Waals surface area contributed by atoms with E-state index < -0.39 is 0 Å². The average Bonchev–Trinajstić information content (AvgIpc) is 2.52. The third-order valence-corrected chi connectivity index (χ3v) is 2.94. The topological polar surface area (TPSA) is 69.0 Å². The Morgan fingerprint density at radius 3 is 2.86 bits per heavy atom. The second-order valence-corrected chi connectivity index (χ2v) is 4.80. The molecule has 1 aromatic carbocycles. The zero-order chi connectivity index (χ0) is 15.2. The number of benzene rings is 1. The molecule has 0 saturated heterocycles. The minimum absolute atomic E-state index is 0.134. The van der Waals surface area contributed by atoms with Gasteiger partial charge in [-0.15, -0.1) is 0 Å². The van der Waals surface area contributed by atoms with Crippen LogP contribution in [0.3, 0.4) is 0 Å². The lowest BCUT2D eigenvalue weighted by molar-refractivity contribution is 0.0822. The van der Waals surface area contributed by atoms with Gasteiger partial charge in [0.1, 0.15) is 5.69 Å². The maximum absolute atomic E-state index is 11.9. The molecule has 0 aliphatic carbocycles. The van der Waals surface area contributed by atoms with E-state index >= 15 is 0 Å². The summed E-state index contributed by atoms with van der Waals surface area (Å²) in [6.45, 7) is 0.579. The van der Waals surface area contributed by atoms with Crippen LogP contribution in [0.25, 0.3) is 0 Å². The van der Waals surface area contributed by atoms with Gasteiger partial charge in [0, 0.05) is 32.5 Å². The number of hydrogen-bond donors (Lipinski definition) is 1. The highest BCUT2D eigenvalue weighted by molar-refractivity contribution is 5.92. The molecule has 0 aliphatic rings. The van der Waals surface area contributed by atoms with Gasteiger partial charge in [-0.25, -0.2) is 0 Å². The van der Waals surface area contributed by atoms with Gasteiger partial charge in [0.2, 0.25) is 0 Å². The summed E-state index contributed by atoms with van der Waals surface area (Å²) >= 11 is 0. The number of nitrogens with one attached hydrogen (secondary N) is 1. The van der Waals surface area contributed by atoms with Crippen LogP contribution < -0.4 is 5.32 Å². The van der Waals surface area contributed by atoms with E-state index in [0.29, 0.717) is 17.8 Å². The molecule has 0 bridgehead atoms. The molecule has 1 heterocycles. The Kier molecular flexibility index (Phi) is 4.52. The van der Waals surface area contributed by atoms with E-state index in [2.05, 4.69) is 16.4 Å². The quantitative estimate of drug-likeness (QED) is 0.932. The average molecular weight is 280 g/mol. The van der Waals surface area contributed by atoms with Crippen LogP contribution in [0.4, 0.5) is 5.69 Å². The van der Waals surface area contributed by atoms with Crippen molar-refractivity contribution in [3.05, 3.63) is 59.4 Å². The van der Waals surface area contributed by atoms with Gasteiger partial charge >= 0.3 is 0 Å². The number of pyridine rings is 1. The fraction of sp³-hybridized carbons (Fsp3) is 0.188. The Morgan fingerprint density at radius 2 is 2.14 bits per heavy atom. The Bertz CT molecular complexity index is 689. The molecule has 0 spiro atoms. The van der Waals surface area contributed by atoms with Crippen LogP contribution in [-0.2, 0) is 6.54 Å². The minimum Gasteiger partial charge on any atom is -0.381 e. The van der Waals surface area contributed by atoms with Gasteiger partial charge in [-0.05, 0) is 29.8 Å². The van der Waals surface area contributed by atoms with Crippen molar-refractivity contribution < 1.29 is 4.79 Å². The van der Waals surface area contributed by atoms with Gasteiger partial charge in [-0.2, -0.15) is 5.26 Å². The highest BCUT2D eigenvalue weighted by atomic mass is 16.2. The fourth-order valence-electron chi connectivity index (χ4n) is 1.84. The van der Waals surface area contributed by atoms with E-state index in [4.69, 9.17) is 5.26 Å². The first-order chi connectivity index (χ1) is 10.1. The van der Waals surface area contributed by atoms with E-state index in [-0.39, 0.29) is 5.91 Å². The highest BCUT2D eigenvalue weighted by Crippen LogP contribution is 2.12. The molecule has 0 aliphatic heterocycles. The lowest BCUT2D eigenvalue weighted by Gasteiger charge is -2.11. The normalized spacial score (nSPS) is 9.76. The monoisotopic (exact) mass is 280 g/mol. The van der Waals surface area contributed by atoms with Gasteiger partial charge in [-0.1, -0.05) is 12.1 Å². The standard InChI is InChI=1S/C16H16N4O/c1-20(2)16(21)15-9-14(6-7-18-15)19-11-13-5-3-4-12(8-13)10-17/h3-9H,11H2,1-2H3,(H,18,19). The minimum atomic E-state index is -0.134. The smallest absolute Gasteiger partial charge is 0.272 e. The molecule has 1 N–H and O–H groups in total. The van der Waals surface area contributed by atoms with Gasteiger partial charge in [0.05, 0.1) is 11.6 Å². The number of nitrogens with zero attached hydrogens (tertiary/aromatic N) is 3. The number of hydrogen-bond acceptors (Lipinski definition) is 4. The van der Waals surface area contributed by atoms with Gasteiger partial charge < -0.3 is 10.2 Å². The molecule has 0 fully saturated rings. The molecule has 0 unspecified atom stereocenters. The maximum Gasteiger partial charge on any atom is 0.272 e. The van der Waals surface area contributed by atoms with Crippen molar-refractivity contribution in [1.29, 1.82) is 5.26 Å². The Balaban J connectivity index is 2.08. The van der Waals surface area contributed by atoms with E-state index in [1.807, 2.05) is 18.2 Å². The van der Waals surface area contributed by atoms with E-state index in [1.54, 1.807) is 38.5 Å². The summed E-state index contributed by atoms with van der Waals surface area (Å²) in [6, 6.07) is 13.0. The number of carbonyl (C=O) groups is 1. The van der Waals surface area contributed by atoms with E-state index in [1.165, 1.54) is 4.90 Å². The summed E-state index contributed by atoms with van der Waals surface area (Å²) < 4.78 is 0. The van der Waals surface area contributed by atoms with Gasteiger partial charge in [0.15, 0.2) is 0 Å². The Labute approximate surface area is 123 Å². The number of anilines is 1. The van der Waals surface area contributed by atoms with Crippen LogP contribution >= 0.6 is 0 Å². The van der Waals surface area contributed by atoms with Crippen molar-refractivity contribution >= 4 is 11.6 Å². The second kappa shape index (κ2) is 6.53. The molecule has 0 saturated carbocycles. The summed E-state index contributed by atoms with van der Waals surface area (Å²) in [5.74, 6) is -0.134. The van der Waals surface area contributed by atoms with Crippen LogP contribution in [0.5, 0.6) is 0 Å². The molecule has 5 nitrogen and oxygen atoms in total. The summed E-state index contributed by atoms with van der Waals surface area (Å²) in [5.41, 5.74) is 2.85. The Hall–Kier alpha value is -2.87. The zero-order valence-electron chi connectivity index (χ0n) is 12.0. The van der Waals surface area contributed by atoms with Crippen LogP contribution in [0, 0.1) is 11.3 Å². The molecule has 0 atom stereocenters. The maximum atomic E-state index is 11.9. The Morgan fingerprint density at radius 1 is 1.33 bits per heavy atom. The zero-order valence-corrected chi connectivity index (χ0v) is 12.0. The van der Waals surface area contributed by atoms with Crippen molar-refractivity contribution in [3.63, 3.8) is 0 Å². The molecular weight excluding hydrogens is 264 g/mol. The van der Waals surface area contributed by atoms with Crippen LogP contribution in [0.2, 0.25) is 0 Å². The van der Waals surface area contributed by atoms with Crippen LogP contribution in [-0.4, -0.2) is 29.9 Å². The molecule has 1 amide bonds. The predicted molar refractivity (Wildman–Crippen MR) is 80.7 cm³/mol. The summed E-state index contributed by atoms with van der Waals surface area (Å²) in [7, 11) is 3.38. The molecule has 2 aromatic rings. The van der Waals surface area contributed by atoms with Gasteiger partial charge in [0.25, 0.3) is 5.91 Å². The molecule has 1 aromatic heterocycles. The number of aromatic nitrogens is 1. The number of amides is 1. The summed E-state index contributed by atoms with van der Waals surface area (Å²) in [5, 5.41) is 12.1. The third-order valence-electron chi connectivity index (χ3n) is 2.94. The van der Waals surface area contributed by atoms with Crippen molar-refractivity contribution in [2.75, 3.05) is 19.4 Å². The third kappa shape index (κ3) is 3.80. The molecule has 0 radical (unpaired) electrons. The SMILES string of the molecule is CN(C)C(=O)c1cc(NCc2cccc(C#N)c2)ccn1. The van der Waals surface area contributed by atoms with Crippen molar-refractivity contribution in [3.8, 4) is 6.07 Å². The van der Waals surface area contributed by atoms with Crippen molar-refractivity contribution in [2.24, 2.45) is 0 Å². The van der Waals surface area contributed by atoms with Crippen molar-refractivity contribution in [2.45, 2.75) is 6.54 Å². The fourth-order valence-corrected chi connectivity index (χ4v) is 1.84. The number of nitriles is 1. The van der Waals surface area contributed by atoms with Gasteiger partial charge in [-0.3, -0.25) is 9.78 Å². The number of rotatable bonds is 4. The van der Waals surface area contributed by atoms with Crippen LogP contribution in [0.1, 0.15) is 21.6 Å². The van der Waals surface area contributed by atoms with E-state index in [9.17, 15) is 4.79 Å². The highest BCUT2D eigenvalue weighted by Gasteiger charge is 2.09.